The van der Waals surface area contributed by atoms with E-state index in [4.69, 9.17) is 0 Å². The van der Waals surface area contributed by atoms with E-state index in [0.717, 1.165) is 24.7 Å². The summed E-state index contributed by atoms with van der Waals surface area (Å²) in [7, 11) is 0. The Morgan fingerprint density at radius 1 is 0.870 bits per heavy atom. The minimum atomic E-state index is -0.645. The van der Waals surface area contributed by atoms with E-state index in [1.807, 2.05) is 6.92 Å². The van der Waals surface area contributed by atoms with Gasteiger partial charge in [0.15, 0.2) is 0 Å². The number of aliphatic hydroxyl groups excluding tert-OH is 1. The van der Waals surface area contributed by atoms with Crippen LogP contribution in [0.4, 0.5) is 0 Å². The quantitative estimate of drug-likeness (QED) is 0.654. The van der Waals surface area contributed by atoms with E-state index in [1.54, 1.807) is 0 Å². The lowest BCUT2D eigenvalue weighted by atomic mass is 9.41. The largest absolute Gasteiger partial charge is 0.393 e. The second-order valence-electron chi connectivity index (χ2n) is 10.3. The van der Waals surface area contributed by atoms with E-state index < -0.39 is 5.60 Å². The topological polar surface area (TPSA) is 40.5 Å². The van der Waals surface area contributed by atoms with Gasteiger partial charge in [-0.2, -0.15) is 0 Å². The van der Waals surface area contributed by atoms with Gasteiger partial charge in [0.25, 0.3) is 0 Å². The molecule has 0 aromatic heterocycles. The fraction of sp³-hybridized carbons (Fsp3) is 0.905. The lowest BCUT2D eigenvalue weighted by molar-refractivity contribution is -0.142. The highest BCUT2D eigenvalue weighted by atomic mass is 16.3. The SMILES string of the molecule is C[C@]12CC[C@@H]3[C@H](CC[C@@]4(C)C[C@@](C)(O)C=C[C@]34C)[C@@H]1CC[C@@H]2O. The Bertz CT molecular complexity index is 538. The number of allylic oxidation sites excluding steroid dienone is 1. The summed E-state index contributed by atoms with van der Waals surface area (Å²) in [5.41, 5.74) is -0.0760. The average molecular weight is 319 g/mol. The van der Waals surface area contributed by atoms with Gasteiger partial charge in [-0.05, 0) is 85.9 Å². The third-order valence-electron chi connectivity index (χ3n) is 9.02. The molecule has 0 radical (unpaired) electrons. The highest BCUT2D eigenvalue weighted by Gasteiger charge is 2.63. The molecule has 2 N–H and O–H groups in total. The fourth-order valence-electron chi connectivity index (χ4n) is 7.41. The summed E-state index contributed by atoms with van der Waals surface area (Å²) < 4.78 is 0. The van der Waals surface area contributed by atoms with Crippen LogP contribution in [0.25, 0.3) is 0 Å². The first kappa shape index (κ1) is 16.1. The molecule has 0 unspecified atom stereocenters. The van der Waals surface area contributed by atoms with Gasteiger partial charge in [-0.3, -0.25) is 0 Å². The van der Waals surface area contributed by atoms with E-state index in [-0.39, 0.29) is 22.3 Å². The molecule has 0 bridgehead atoms. The zero-order valence-corrected chi connectivity index (χ0v) is 15.3. The molecule has 4 rings (SSSR count). The molecule has 4 aliphatic carbocycles. The van der Waals surface area contributed by atoms with Crippen molar-refractivity contribution in [3.63, 3.8) is 0 Å². The highest BCUT2D eigenvalue weighted by molar-refractivity contribution is 5.23. The average Bonchev–Trinajstić information content (AvgIpc) is 2.76. The Morgan fingerprint density at radius 3 is 2.35 bits per heavy atom. The summed E-state index contributed by atoms with van der Waals surface area (Å²) in [6.07, 6.45) is 12.4. The molecule has 0 aromatic carbocycles. The van der Waals surface area contributed by atoms with Crippen molar-refractivity contribution in [3.05, 3.63) is 12.2 Å². The molecule has 0 aromatic rings. The van der Waals surface area contributed by atoms with Crippen molar-refractivity contribution in [2.24, 2.45) is 34.0 Å². The van der Waals surface area contributed by atoms with Crippen molar-refractivity contribution < 1.29 is 10.2 Å². The molecule has 0 heterocycles. The van der Waals surface area contributed by atoms with Crippen molar-refractivity contribution in [3.8, 4) is 0 Å². The van der Waals surface area contributed by atoms with Gasteiger partial charge in [-0.25, -0.2) is 0 Å². The smallest absolute Gasteiger partial charge is 0.0805 e. The molecule has 23 heavy (non-hydrogen) atoms. The summed E-state index contributed by atoms with van der Waals surface area (Å²) in [5.74, 6) is 2.18. The Hall–Kier alpha value is -0.340. The maximum atomic E-state index is 10.6. The molecule has 2 heteroatoms. The van der Waals surface area contributed by atoms with Gasteiger partial charge in [0, 0.05) is 0 Å². The lowest BCUT2D eigenvalue weighted by Gasteiger charge is -2.64. The van der Waals surface area contributed by atoms with Gasteiger partial charge in [0.05, 0.1) is 11.7 Å². The molecule has 130 valence electrons. The molecular weight excluding hydrogens is 284 g/mol. The number of aliphatic hydroxyl groups is 2. The van der Waals surface area contributed by atoms with Crippen LogP contribution in [0.3, 0.4) is 0 Å². The third kappa shape index (κ3) is 2.00. The normalized spacial score (nSPS) is 61.7. The van der Waals surface area contributed by atoms with Crippen molar-refractivity contribution in [2.75, 3.05) is 0 Å². The number of rotatable bonds is 0. The molecule has 0 amide bonds. The maximum Gasteiger partial charge on any atom is 0.0805 e. The van der Waals surface area contributed by atoms with Crippen LogP contribution < -0.4 is 0 Å². The van der Waals surface area contributed by atoms with Crippen LogP contribution in [-0.4, -0.2) is 21.9 Å². The summed E-state index contributed by atoms with van der Waals surface area (Å²) in [4.78, 5) is 0. The summed E-state index contributed by atoms with van der Waals surface area (Å²) >= 11 is 0. The van der Waals surface area contributed by atoms with E-state index in [0.29, 0.717) is 5.92 Å². The van der Waals surface area contributed by atoms with Gasteiger partial charge in [0.1, 0.15) is 0 Å². The Balaban J connectivity index is 1.72. The maximum absolute atomic E-state index is 10.6. The summed E-state index contributed by atoms with van der Waals surface area (Å²) in [6.45, 7) is 9.19. The summed E-state index contributed by atoms with van der Waals surface area (Å²) in [5, 5.41) is 21.1. The minimum absolute atomic E-state index is 0.0859. The van der Waals surface area contributed by atoms with Crippen molar-refractivity contribution in [2.45, 2.75) is 84.3 Å². The minimum Gasteiger partial charge on any atom is -0.393 e. The number of hydrogen-bond donors (Lipinski definition) is 2. The van der Waals surface area contributed by atoms with Gasteiger partial charge in [-0.1, -0.05) is 32.9 Å². The fourth-order valence-corrected chi connectivity index (χ4v) is 7.41. The lowest BCUT2D eigenvalue weighted by Crippen LogP contribution is -2.58. The van der Waals surface area contributed by atoms with Crippen LogP contribution in [0.15, 0.2) is 12.2 Å². The van der Waals surface area contributed by atoms with Crippen LogP contribution in [0, 0.1) is 34.0 Å². The molecule has 0 spiro atoms. The second-order valence-corrected chi connectivity index (χ2v) is 10.3. The van der Waals surface area contributed by atoms with Crippen molar-refractivity contribution in [1.82, 2.24) is 0 Å². The zero-order chi connectivity index (χ0) is 16.7. The Labute approximate surface area is 141 Å². The second kappa shape index (κ2) is 4.64. The molecule has 4 aliphatic rings. The molecule has 8 atom stereocenters. The monoisotopic (exact) mass is 318 g/mol. The Morgan fingerprint density at radius 2 is 1.61 bits per heavy atom. The van der Waals surface area contributed by atoms with Gasteiger partial charge in [0.2, 0.25) is 0 Å². The standard InChI is InChI=1S/C21H34O2/c1-18-9-7-14-15-5-6-17(22)20(15,3)10-8-16(14)21(18,4)12-11-19(2,23)13-18/h11-12,14-17,22-23H,5-10,13H2,1-4H3/t14-,15+,16-,17+,18+,19+,20+,21-/m1/s1. The van der Waals surface area contributed by atoms with Crippen LogP contribution in [0.2, 0.25) is 0 Å². The molecular formula is C21H34O2. The zero-order valence-electron chi connectivity index (χ0n) is 15.3. The summed E-state index contributed by atoms with van der Waals surface area (Å²) in [6, 6.07) is 0. The van der Waals surface area contributed by atoms with Crippen LogP contribution in [0.1, 0.15) is 72.6 Å². The third-order valence-corrected chi connectivity index (χ3v) is 9.02. The predicted octanol–water partition coefficient (Wildman–Crippen LogP) is 4.31. The van der Waals surface area contributed by atoms with Gasteiger partial charge in [-0.15, -0.1) is 0 Å². The number of hydrogen-bond acceptors (Lipinski definition) is 2. The van der Waals surface area contributed by atoms with Crippen LogP contribution in [-0.2, 0) is 0 Å². The number of fused-ring (bicyclic) bond motifs is 5. The predicted molar refractivity (Wildman–Crippen MR) is 92.9 cm³/mol. The first-order chi connectivity index (χ1) is 10.6. The molecule has 0 aliphatic heterocycles. The molecule has 0 saturated heterocycles. The van der Waals surface area contributed by atoms with E-state index in [9.17, 15) is 10.2 Å². The first-order valence-electron chi connectivity index (χ1n) is 9.72. The molecule has 3 fully saturated rings. The van der Waals surface area contributed by atoms with Crippen LogP contribution in [0.5, 0.6) is 0 Å². The molecule has 3 saturated carbocycles. The Kier molecular flexibility index (Phi) is 3.25. The van der Waals surface area contributed by atoms with Gasteiger partial charge < -0.3 is 10.2 Å². The van der Waals surface area contributed by atoms with Crippen LogP contribution >= 0.6 is 0 Å². The van der Waals surface area contributed by atoms with E-state index in [1.165, 1.54) is 32.1 Å². The van der Waals surface area contributed by atoms with Crippen molar-refractivity contribution in [1.29, 1.82) is 0 Å². The van der Waals surface area contributed by atoms with Crippen molar-refractivity contribution >= 4 is 0 Å². The van der Waals surface area contributed by atoms with E-state index in [2.05, 4.69) is 32.9 Å². The first-order valence-corrected chi connectivity index (χ1v) is 9.72. The highest BCUT2D eigenvalue weighted by Crippen LogP contribution is 2.69. The van der Waals surface area contributed by atoms with Gasteiger partial charge >= 0.3 is 0 Å². The molecule has 2 nitrogen and oxygen atoms in total. The van der Waals surface area contributed by atoms with E-state index >= 15 is 0 Å².